The summed E-state index contributed by atoms with van der Waals surface area (Å²) in [5, 5.41) is 0. The molecule has 0 radical (unpaired) electrons. The Hall–Kier alpha value is -1.12. The average molecular weight is 284 g/mol. The van der Waals surface area contributed by atoms with Crippen LogP contribution >= 0.6 is 23.5 Å². The molecule has 19 heavy (non-hydrogen) atoms. The molecule has 0 saturated carbocycles. The Labute approximate surface area is 123 Å². The highest BCUT2D eigenvalue weighted by atomic mass is 32.2. The van der Waals surface area contributed by atoms with Crippen LogP contribution in [0.4, 0.5) is 0 Å². The van der Waals surface area contributed by atoms with Crippen LogP contribution in [-0.4, -0.2) is 11.5 Å². The van der Waals surface area contributed by atoms with Gasteiger partial charge >= 0.3 is 0 Å². The summed E-state index contributed by atoms with van der Waals surface area (Å²) in [4.78, 5) is 2.99. The standard InChI is InChI=1S/C17H16S2/c1-3-7-14(8-4-1)13-16-17(19-12-11-18-16)15-9-5-2-6-10-15/h1-10H,11-13H2. The van der Waals surface area contributed by atoms with Gasteiger partial charge < -0.3 is 0 Å². The molecule has 0 bridgehead atoms. The predicted octanol–water partition coefficient (Wildman–Crippen LogP) is 5.08. The second-order valence-corrected chi connectivity index (χ2v) is 6.77. The van der Waals surface area contributed by atoms with Crippen LogP contribution in [0.3, 0.4) is 0 Å². The summed E-state index contributed by atoms with van der Waals surface area (Å²) in [5.41, 5.74) is 2.77. The summed E-state index contributed by atoms with van der Waals surface area (Å²) in [6.45, 7) is 0. The van der Waals surface area contributed by atoms with Gasteiger partial charge in [-0.2, -0.15) is 0 Å². The zero-order valence-corrected chi connectivity index (χ0v) is 12.3. The van der Waals surface area contributed by atoms with Crippen LogP contribution in [-0.2, 0) is 6.42 Å². The average Bonchev–Trinajstić information content (AvgIpc) is 2.50. The first-order valence-electron chi connectivity index (χ1n) is 6.51. The lowest BCUT2D eigenvalue weighted by Crippen LogP contribution is -2.00. The number of hydrogen-bond acceptors (Lipinski definition) is 2. The van der Waals surface area contributed by atoms with E-state index in [-0.39, 0.29) is 0 Å². The highest BCUT2D eigenvalue weighted by Crippen LogP contribution is 2.41. The van der Waals surface area contributed by atoms with Gasteiger partial charge in [-0.25, -0.2) is 0 Å². The van der Waals surface area contributed by atoms with Gasteiger partial charge in [0.2, 0.25) is 0 Å². The smallest absolute Gasteiger partial charge is 0.0243 e. The van der Waals surface area contributed by atoms with Crippen molar-refractivity contribution in [3.8, 4) is 0 Å². The highest BCUT2D eigenvalue weighted by Gasteiger charge is 2.15. The molecule has 0 aromatic heterocycles. The van der Waals surface area contributed by atoms with Crippen molar-refractivity contribution in [3.63, 3.8) is 0 Å². The topological polar surface area (TPSA) is 0 Å². The summed E-state index contributed by atoms with van der Waals surface area (Å²) in [6, 6.07) is 21.5. The molecule has 0 atom stereocenters. The fourth-order valence-electron chi connectivity index (χ4n) is 2.20. The fraction of sp³-hybridized carbons (Fsp3) is 0.176. The second kappa shape index (κ2) is 6.36. The molecule has 0 amide bonds. The molecule has 2 heteroatoms. The Bertz CT molecular complexity index is 558. The van der Waals surface area contributed by atoms with E-state index in [2.05, 4.69) is 60.7 Å². The van der Waals surface area contributed by atoms with Crippen molar-refractivity contribution in [1.29, 1.82) is 0 Å². The third kappa shape index (κ3) is 3.26. The van der Waals surface area contributed by atoms with E-state index in [1.54, 1.807) is 0 Å². The van der Waals surface area contributed by atoms with Gasteiger partial charge in [0.05, 0.1) is 0 Å². The van der Waals surface area contributed by atoms with Crippen molar-refractivity contribution < 1.29 is 0 Å². The maximum atomic E-state index is 2.22. The summed E-state index contributed by atoms with van der Waals surface area (Å²) in [7, 11) is 0. The number of rotatable bonds is 3. The van der Waals surface area contributed by atoms with E-state index in [1.165, 1.54) is 32.4 Å². The van der Waals surface area contributed by atoms with Crippen molar-refractivity contribution >= 4 is 28.4 Å². The van der Waals surface area contributed by atoms with Crippen molar-refractivity contribution in [2.24, 2.45) is 0 Å². The van der Waals surface area contributed by atoms with Crippen LogP contribution in [0.1, 0.15) is 11.1 Å². The molecule has 3 rings (SSSR count). The van der Waals surface area contributed by atoms with Crippen LogP contribution in [0.2, 0.25) is 0 Å². The van der Waals surface area contributed by atoms with Gasteiger partial charge in [0.25, 0.3) is 0 Å². The summed E-state index contributed by atoms with van der Waals surface area (Å²) >= 11 is 4.02. The molecule has 96 valence electrons. The van der Waals surface area contributed by atoms with Gasteiger partial charge in [-0.3, -0.25) is 0 Å². The van der Waals surface area contributed by atoms with E-state index < -0.39 is 0 Å². The lowest BCUT2D eigenvalue weighted by Gasteiger charge is -2.20. The van der Waals surface area contributed by atoms with E-state index in [0.717, 1.165) is 6.42 Å². The summed E-state index contributed by atoms with van der Waals surface area (Å²) in [6.07, 6.45) is 1.06. The molecule has 1 aliphatic heterocycles. The van der Waals surface area contributed by atoms with E-state index >= 15 is 0 Å². The van der Waals surface area contributed by atoms with Crippen molar-refractivity contribution in [2.45, 2.75) is 6.42 Å². The minimum absolute atomic E-state index is 1.06. The first-order valence-corrected chi connectivity index (χ1v) is 8.49. The van der Waals surface area contributed by atoms with Gasteiger partial charge in [0, 0.05) is 27.7 Å². The second-order valence-electron chi connectivity index (χ2n) is 4.48. The zero-order valence-electron chi connectivity index (χ0n) is 10.7. The molecular formula is C17H16S2. The lowest BCUT2D eigenvalue weighted by atomic mass is 10.1. The van der Waals surface area contributed by atoms with Crippen LogP contribution in [0, 0.1) is 0 Å². The van der Waals surface area contributed by atoms with Gasteiger partial charge in [0.15, 0.2) is 0 Å². The monoisotopic (exact) mass is 284 g/mol. The number of allylic oxidation sites excluding steroid dienone is 1. The molecule has 0 N–H and O–H groups in total. The van der Waals surface area contributed by atoms with Gasteiger partial charge in [-0.05, 0) is 11.1 Å². The minimum atomic E-state index is 1.06. The Kier molecular flexibility index (Phi) is 4.31. The molecule has 0 spiro atoms. The molecule has 0 nitrogen and oxygen atoms in total. The minimum Gasteiger partial charge on any atom is -0.128 e. The van der Waals surface area contributed by atoms with E-state index in [0.29, 0.717) is 0 Å². The molecule has 0 unspecified atom stereocenters. The number of thioether (sulfide) groups is 2. The third-order valence-electron chi connectivity index (χ3n) is 3.10. The Morgan fingerprint density at radius 3 is 2.11 bits per heavy atom. The largest absolute Gasteiger partial charge is 0.128 e. The van der Waals surface area contributed by atoms with Crippen molar-refractivity contribution in [2.75, 3.05) is 11.5 Å². The molecule has 0 saturated heterocycles. The van der Waals surface area contributed by atoms with Crippen molar-refractivity contribution in [3.05, 3.63) is 76.7 Å². The van der Waals surface area contributed by atoms with Crippen LogP contribution in [0.25, 0.3) is 4.91 Å². The normalized spacial score (nSPS) is 15.6. The molecule has 1 heterocycles. The Morgan fingerprint density at radius 1 is 0.737 bits per heavy atom. The molecule has 0 aliphatic carbocycles. The van der Waals surface area contributed by atoms with E-state index in [9.17, 15) is 0 Å². The first-order chi connectivity index (χ1) is 9.43. The Morgan fingerprint density at radius 2 is 1.37 bits per heavy atom. The van der Waals surface area contributed by atoms with Gasteiger partial charge in [-0.1, -0.05) is 60.7 Å². The summed E-state index contributed by atoms with van der Waals surface area (Å²) < 4.78 is 0. The lowest BCUT2D eigenvalue weighted by molar-refractivity contribution is 1.25. The quantitative estimate of drug-likeness (QED) is 0.771. The number of hydrogen-bond donors (Lipinski definition) is 0. The Balaban J connectivity index is 1.93. The first kappa shape index (κ1) is 12.9. The maximum absolute atomic E-state index is 2.22. The van der Waals surface area contributed by atoms with Gasteiger partial charge in [0.1, 0.15) is 0 Å². The SMILES string of the molecule is c1ccc(CC2=C(c3ccccc3)SCCS2)cc1. The zero-order chi connectivity index (χ0) is 12.9. The molecule has 2 aromatic carbocycles. The third-order valence-corrected chi connectivity index (χ3v) is 5.77. The van der Waals surface area contributed by atoms with Crippen LogP contribution < -0.4 is 0 Å². The van der Waals surface area contributed by atoms with Crippen LogP contribution in [0.5, 0.6) is 0 Å². The van der Waals surface area contributed by atoms with Gasteiger partial charge in [-0.15, -0.1) is 23.5 Å². The van der Waals surface area contributed by atoms with E-state index in [4.69, 9.17) is 0 Å². The fourth-order valence-corrected chi connectivity index (χ4v) is 4.73. The predicted molar refractivity (Wildman–Crippen MR) is 88.4 cm³/mol. The molecule has 2 aromatic rings. The highest BCUT2D eigenvalue weighted by molar-refractivity contribution is 8.13. The summed E-state index contributed by atoms with van der Waals surface area (Å²) in [5.74, 6) is 2.44. The molecule has 0 fully saturated rings. The van der Waals surface area contributed by atoms with Crippen molar-refractivity contribution in [1.82, 2.24) is 0 Å². The molecule has 1 aliphatic rings. The number of benzene rings is 2. The van der Waals surface area contributed by atoms with Crippen LogP contribution in [0.15, 0.2) is 65.6 Å². The maximum Gasteiger partial charge on any atom is 0.0243 e. The van der Waals surface area contributed by atoms with E-state index in [1.807, 2.05) is 23.5 Å². The molecular weight excluding hydrogens is 268 g/mol.